The van der Waals surface area contributed by atoms with Gasteiger partial charge in [-0.25, -0.2) is 4.98 Å². The Morgan fingerprint density at radius 2 is 2.12 bits per heavy atom. The topological polar surface area (TPSA) is 24.9 Å². The third kappa shape index (κ3) is 5.61. The average molecular weight is 240 g/mol. The number of hydrogen-bond donors (Lipinski definition) is 1. The number of aryl methyl sites for hydroxylation is 1. The summed E-state index contributed by atoms with van der Waals surface area (Å²) in [5.74, 6) is 0.860. The van der Waals surface area contributed by atoms with Gasteiger partial charge in [-0.05, 0) is 38.3 Å². The number of unbranched alkanes of at least 4 members (excludes halogenated alkanes) is 1. The van der Waals surface area contributed by atoms with Gasteiger partial charge in [0, 0.05) is 11.6 Å². The maximum Gasteiger partial charge on any atom is 0.0924 e. The number of aromatic nitrogens is 1. The van der Waals surface area contributed by atoms with Gasteiger partial charge in [0.15, 0.2) is 0 Å². The summed E-state index contributed by atoms with van der Waals surface area (Å²) in [6.45, 7) is 6.89. The monoisotopic (exact) mass is 240 g/mol. The van der Waals surface area contributed by atoms with Crippen molar-refractivity contribution in [3.63, 3.8) is 0 Å². The van der Waals surface area contributed by atoms with Gasteiger partial charge < -0.3 is 5.32 Å². The first-order valence-electron chi connectivity index (χ1n) is 6.45. The zero-order chi connectivity index (χ0) is 11.6. The molecule has 1 N–H and O–H groups in total. The summed E-state index contributed by atoms with van der Waals surface area (Å²) >= 11 is 1.77. The zero-order valence-corrected chi connectivity index (χ0v) is 11.4. The molecule has 0 amide bonds. The van der Waals surface area contributed by atoms with E-state index in [1.807, 2.05) is 6.20 Å². The second-order valence-electron chi connectivity index (χ2n) is 4.27. The minimum atomic E-state index is 0.860. The van der Waals surface area contributed by atoms with Crippen LogP contribution in [-0.2, 0) is 6.42 Å². The van der Waals surface area contributed by atoms with E-state index in [1.165, 1.54) is 37.2 Å². The summed E-state index contributed by atoms with van der Waals surface area (Å²) in [6.07, 6.45) is 8.14. The Balaban J connectivity index is 1.92. The zero-order valence-electron chi connectivity index (χ0n) is 10.5. The molecule has 0 radical (unpaired) electrons. The minimum absolute atomic E-state index is 0.860. The molecule has 0 bridgehead atoms. The van der Waals surface area contributed by atoms with Gasteiger partial charge >= 0.3 is 0 Å². The van der Waals surface area contributed by atoms with Crippen LogP contribution in [-0.4, -0.2) is 18.1 Å². The number of nitrogens with one attached hydrogen (secondary N) is 1. The van der Waals surface area contributed by atoms with Crippen molar-refractivity contribution in [1.29, 1.82) is 0 Å². The molecule has 3 heteroatoms. The highest BCUT2D eigenvalue weighted by atomic mass is 32.1. The molecule has 16 heavy (non-hydrogen) atoms. The molecule has 0 saturated carbocycles. The van der Waals surface area contributed by atoms with Crippen molar-refractivity contribution < 1.29 is 0 Å². The fourth-order valence-corrected chi connectivity index (χ4v) is 2.45. The van der Waals surface area contributed by atoms with Gasteiger partial charge in [0.05, 0.1) is 5.01 Å². The molecule has 0 unspecified atom stereocenters. The third-order valence-electron chi connectivity index (χ3n) is 3.07. The fraction of sp³-hybridized carbons (Fsp3) is 0.769. The molecule has 1 aromatic rings. The van der Waals surface area contributed by atoms with Crippen molar-refractivity contribution in [2.75, 3.05) is 13.1 Å². The molecule has 0 saturated heterocycles. The van der Waals surface area contributed by atoms with Crippen LogP contribution in [0.4, 0.5) is 0 Å². The van der Waals surface area contributed by atoms with E-state index < -0.39 is 0 Å². The maximum atomic E-state index is 4.29. The van der Waals surface area contributed by atoms with E-state index in [-0.39, 0.29) is 0 Å². The first-order chi connectivity index (χ1) is 7.86. The number of thiazole rings is 1. The average Bonchev–Trinajstić information content (AvgIpc) is 2.81. The standard InChI is InChI=1S/C13H24N2S/c1-3-12(4-2)11-14-8-6-5-7-13-15-9-10-16-13/h9-10,12,14H,3-8,11H2,1-2H3. The van der Waals surface area contributed by atoms with E-state index in [2.05, 4.69) is 29.5 Å². The highest BCUT2D eigenvalue weighted by Crippen LogP contribution is 2.08. The van der Waals surface area contributed by atoms with Crippen molar-refractivity contribution in [2.45, 2.75) is 46.0 Å². The highest BCUT2D eigenvalue weighted by Gasteiger charge is 2.01. The normalized spacial score (nSPS) is 11.2. The fourth-order valence-electron chi connectivity index (χ4n) is 1.79. The van der Waals surface area contributed by atoms with Crippen LogP contribution in [0, 0.1) is 5.92 Å². The first kappa shape index (κ1) is 13.7. The lowest BCUT2D eigenvalue weighted by Gasteiger charge is -2.12. The van der Waals surface area contributed by atoms with E-state index in [1.54, 1.807) is 11.3 Å². The van der Waals surface area contributed by atoms with Crippen molar-refractivity contribution in [1.82, 2.24) is 10.3 Å². The number of rotatable bonds is 9. The van der Waals surface area contributed by atoms with Crippen LogP contribution in [0.2, 0.25) is 0 Å². The molecule has 1 rings (SSSR count). The van der Waals surface area contributed by atoms with Gasteiger partial charge in [-0.2, -0.15) is 0 Å². The molecule has 92 valence electrons. The Morgan fingerprint density at radius 3 is 2.75 bits per heavy atom. The largest absolute Gasteiger partial charge is 0.316 e. The molecule has 0 atom stereocenters. The molecule has 0 aliphatic rings. The van der Waals surface area contributed by atoms with Crippen LogP contribution in [0.25, 0.3) is 0 Å². The molecule has 0 aliphatic heterocycles. The first-order valence-corrected chi connectivity index (χ1v) is 7.33. The molecule has 0 aliphatic carbocycles. The lowest BCUT2D eigenvalue weighted by atomic mass is 10.0. The summed E-state index contributed by atoms with van der Waals surface area (Å²) in [6, 6.07) is 0. The van der Waals surface area contributed by atoms with Gasteiger partial charge in [0.1, 0.15) is 0 Å². The molecule has 2 nitrogen and oxygen atoms in total. The summed E-state index contributed by atoms with van der Waals surface area (Å²) in [4.78, 5) is 4.29. The summed E-state index contributed by atoms with van der Waals surface area (Å²) in [5.41, 5.74) is 0. The molecule has 0 spiro atoms. The Morgan fingerprint density at radius 1 is 1.31 bits per heavy atom. The maximum absolute atomic E-state index is 4.29. The predicted octanol–water partition coefficient (Wildman–Crippen LogP) is 3.49. The van der Waals surface area contributed by atoms with Gasteiger partial charge in [0.25, 0.3) is 0 Å². The van der Waals surface area contributed by atoms with Gasteiger partial charge in [-0.3, -0.25) is 0 Å². The van der Waals surface area contributed by atoms with Crippen LogP contribution in [0.5, 0.6) is 0 Å². The van der Waals surface area contributed by atoms with Crippen molar-refractivity contribution >= 4 is 11.3 Å². The highest BCUT2D eigenvalue weighted by molar-refractivity contribution is 7.09. The molecular formula is C13H24N2S. The van der Waals surface area contributed by atoms with E-state index in [9.17, 15) is 0 Å². The molecular weight excluding hydrogens is 216 g/mol. The van der Waals surface area contributed by atoms with Crippen LogP contribution in [0.1, 0.15) is 44.5 Å². The van der Waals surface area contributed by atoms with E-state index in [0.29, 0.717) is 0 Å². The Labute approximate surface area is 103 Å². The molecule has 1 heterocycles. The SMILES string of the molecule is CCC(CC)CNCCCCc1nccs1. The summed E-state index contributed by atoms with van der Waals surface area (Å²) in [5, 5.41) is 6.88. The van der Waals surface area contributed by atoms with E-state index in [4.69, 9.17) is 0 Å². The number of hydrogen-bond acceptors (Lipinski definition) is 3. The Kier molecular flexibility index (Phi) is 7.43. The summed E-state index contributed by atoms with van der Waals surface area (Å²) < 4.78 is 0. The quantitative estimate of drug-likeness (QED) is 0.668. The van der Waals surface area contributed by atoms with Crippen LogP contribution < -0.4 is 5.32 Å². The van der Waals surface area contributed by atoms with Gasteiger partial charge in [0.2, 0.25) is 0 Å². The van der Waals surface area contributed by atoms with Gasteiger partial charge in [-0.1, -0.05) is 26.7 Å². The molecule has 1 aromatic heterocycles. The van der Waals surface area contributed by atoms with Gasteiger partial charge in [-0.15, -0.1) is 11.3 Å². The summed E-state index contributed by atoms with van der Waals surface area (Å²) in [7, 11) is 0. The second kappa shape index (κ2) is 8.71. The second-order valence-corrected chi connectivity index (χ2v) is 5.25. The smallest absolute Gasteiger partial charge is 0.0924 e. The minimum Gasteiger partial charge on any atom is -0.316 e. The van der Waals surface area contributed by atoms with Crippen LogP contribution >= 0.6 is 11.3 Å². The molecule has 0 fully saturated rings. The predicted molar refractivity (Wildman–Crippen MR) is 72.0 cm³/mol. The van der Waals surface area contributed by atoms with E-state index >= 15 is 0 Å². The van der Waals surface area contributed by atoms with Crippen molar-refractivity contribution in [3.05, 3.63) is 16.6 Å². The Hall–Kier alpha value is -0.410. The van der Waals surface area contributed by atoms with Crippen molar-refractivity contribution in [2.24, 2.45) is 5.92 Å². The lowest BCUT2D eigenvalue weighted by molar-refractivity contribution is 0.446. The van der Waals surface area contributed by atoms with Crippen molar-refractivity contribution in [3.8, 4) is 0 Å². The Bertz CT molecular complexity index is 242. The molecule has 0 aromatic carbocycles. The lowest BCUT2D eigenvalue weighted by Crippen LogP contribution is -2.23. The van der Waals surface area contributed by atoms with E-state index in [0.717, 1.165) is 18.9 Å². The van der Waals surface area contributed by atoms with Crippen LogP contribution in [0.15, 0.2) is 11.6 Å². The third-order valence-corrected chi connectivity index (χ3v) is 3.90. The number of nitrogens with zero attached hydrogens (tertiary/aromatic N) is 1. The van der Waals surface area contributed by atoms with Crippen LogP contribution in [0.3, 0.4) is 0 Å².